The van der Waals surface area contributed by atoms with E-state index in [-0.39, 0.29) is 18.3 Å². The molecule has 0 amide bonds. The minimum absolute atomic E-state index is 0.204. The van der Waals surface area contributed by atoms with Gasteiger partial charge in [0.2, 0.25) is 0 Å². The van der Waals surface area contributed by atoms with Crippen LogP contribution in [0.15, 0.2) is 48.8 Å². The van der Waals surface area contributed by atoms with Gasteiger partial charge in [-0.15, -0.1) is 0 Å². The third kappa shape index (κ3) is 3.28. The first-order valence-corrected chi connectivity index (χ1v) is 8.21. The second-order valence-corrected chi connectivity index (χ2v) is 6.28. The Bertz CT molecular complexity index is 926. The Hall–Kier alpha value is -3.22. The number of H-pyrrole nitrogens is 1. The van der Waals surface area contributed by atoms with Crippen molar-refractivity contribution in [3.05, 3.63) is 65.7 Å². The summed E-state index contributed by atoms with van der Waals surface area (Å²) in [5.74, 6) is -1.36. The first-order valence-electron chi connectivity index (χ1n) is 8.21. The van der Waals surface area contributed by atoms with Gasteiger partial charge in [0.1, 0.15) is 18.2 Å². The van der Waals surface area contributed by atoms with Crippen LogP contribution in [-0.4, -0.2) is 26.3 Å². The van der Waals surface area contributed by atoms with Crippen molar-refractivity contribution in [2.75, 3.05) is 0 Å². The fourth-order valence-electron chi connectivity index (χ4n) is 2.96. The van der Waals surface area contributed by atoms with E-state index in [4.69, 9.17) is 9.84 Å². The SMILES string of the molecule is O=C(O)C1CC1c1ccc(COc2ccc(-c3ccn[nH]3)nc2)cc1F. The number of nitrogens with one attached hydrogen (secondary N) is 1. The average Bonchev–Trinajstić information content (AvgIpc) is 3.25. The number of carboxylic acids is 1. The molecule has 4 rings (SSSR count). The van der Waals surface area contributed by atoms with E-state index in [0.717, 1.165) is 11.4 Å². The number of aliphatic carboxylic acids is 1. The maximum atomic E-state index is 14.2. The van der Waals surface area contributed by atoms with Crippen LogP contribution in [0.3, 0.4) is 0 Å². The minimum Gasteiger partial charge on any atom is -0.487 e. The number of carbonyl (C=O) groups is 1. The molecule has 2 unspecified atom stereocenters. The maximum Gasteiger partial charge on any atom is 0.307 e. The smallest absolute Gasteiger partial charge is 0.307 e. The molecule has 0 radical (unpaired) electrons. The molecule has 0 bridgehead atoms. The predicted molar refractivity (Wildman–Crippen MR) is 91.0 cm³/mol. The molecule has 2 aromatic heterocycles. The summed E-state index contributed by atoms with van der Waals surface area (Å²) < 4.78 is 19.9. The molecule has 132 valence electrons. The van der Waals surface area contributed by atoms with Crippen LogP contribution in [0.4, 0.5) is 4.39 Å². The average molecular weight is 353 g/mol. The second-order valence-electron chi connectivity index (χ2n) is 6.28. The van der Waals surface area contributed by atoms with Gasteiger partial charge in [-0.1, -0.05) is 12.1 Å². The number of pyridine rings is 1. The molecule has 2 N–H and O–H groups in total. The molecule has 0 aliphatic heterocycles. The molecule has 1 saturated carbocycles. The van der Waals surface area contributed by atoms with E-state index < -0.39 is 11.9 Å². The van der Waals surface area contributed by atoms with E-state index in [2.05, 4.69) is 15.2 Å². The third-order valence-corrected chi connectivity index (χ3v) is 4.49. The fourth-order valence-corrected chi connectivity index (χ4v) is 2.96. The lowest BCUT2D eigenvalue weighted by Crippen LogP contribution is -2.01. The number of hydrogen-bond acceptors (Lipinski definition) is 4. The second kappa shape index (κ2) is 6.59. The standard InChI is InChI=1S/C19H16FN3O3/c20-16-7-11(1-3-13(16)14-8-15(14)19(24)25)10-26-12-2-4-17(21-9-12)18-5-6-22-23-18/h1-7,9,14-15H,8,10H2,(H,22,23)(H,24,25). The van der Waals surface area contributed by atoms with E-state index in [9.17, 15) is 9.18 Å². The molecule has 1 aliphatic rings. The van der Waals surface area contributed by atoms with Crippen molar-refractivity contribution in [3.8, 4) is 17.1 Å². The van der Waals surface area contributed by atoms with Crippen molar-refractivity contribution in [2.24, 2.45) is 5.92 Å². The van der Waals surface area contributed by atoms with Gasteiger partial charge in [0.15, 0.2) is 0 Å². The van der Waals surface area contributed by atoms with Crippen LogP contribution in [0.5, 0.6) is 5.75 Å². The Morgan fingerprint density at radius 1 is 1.31 bits per heavy atom. The summed E-state index contributed by atoms with van der Waals surface area (Å²) in [6, 6.07) is 10.2. The molecule has 2 atom stereocenters. The number of aromatic amines is 1. The zero-order valence-corrected chi connectivity index (χ0v) is 13.7. The maximum absolute atomic E-state index is 14.2. The van der Waals surface area contributed by atoms with E-state index in [1.807, 2.05) is 12.1 Å². The number of rotatable bonds is 6. The van der Waals surface area contributed by atoms with Crippen LogP contribution >= 0.6 is 0 Å². The van der Waals surface area contributed by atoms with Crippen LogP contribution in [0, 0.1) is 11.7 Å². The number of ether oxygens (including phenoxy) is 1. The van der Waals surface area contributed by atoms with Crippen molar-refractivity contribution in [1.82, 2.24) is 15.2 Å². The van der Waals surface area contributed by atoms with Crippen LogP contribution in [0.1, 0.15) is 23.5 Å². The first kappa shape index (κ1) is 16.3. The van der Waals surface area contributed by atoms with Gasteiger partial charge in [0, 0.05) is 12.1 Å². The molecule has 26 heavy (non-hydrogen) atoms. The summed E-state index contributed by atoms with van der Waals surface area (Å²) in [5.41, 5.74) is 2.71. The molecule has 1 aromatic carbocycles. The highest BCUT2D eigenvalue weighted by Gasteiger charge is 2.45. The van der Waals surface area contributed by atoms with Crippen molar-refractivity contribution in [2.45, 2.75) is 18.9 Å². The topological polar surface area (TPSA) is 88.1 Å². The largest absolute Gasteiger partial charge is 0.487 e. The van der Waals surface area contributed by atoms with Gasteiger partial charge >= 0.3 is 5.97 Å². The Morgan fingerprint density at radius 3 is 2.81 bits per heavy atom. The molecule has 6 nitrogen and oxygen atoms in total. The summed E-state index contributed by atoms with van der Waals surface area (Å²) in [4.78, 5) is 15.2. The molecule has 2 heterocycles. The summed E-state index contributed by atoms with van der Waals surface area (Å²) >= 11 is 0. The molecule has 7 heteroatoms. The van der Waals surface area contributed by atoms with Gasteiger partial charge < -0.3 is 9.84 Å². The van der Waals surface area contributed by atoms with Gasteiger partial charge in [-0.3, -0.25) is 14.9 Å². The highest BCUT2D eigenvalue weighted by molar-refractivity contribution is 5.75. The zero-order valence-electron chi connectivity index (χ0n) is 13.7. The monoisotopic (exact) mass is 353 g/mol. The van der Waals surface area contributed by atoms with E-state index in [0.29, 0.717) is 23.3 Å². The number of nitrogens with zero attached hydrogens (tertiary/aromatic N) is 2. The number of aromatic nitrogens is 3. The zero-order chi connectivity index (χ0) is 18.1. The molecule has 0 saturated heterocycles. The Kier molecular flexibility index (Phi) is 4.12. The third-order valence-electron chi connectivity index (χ3n) is 4.49. The number of halogens is 1. The summed E-state index contributed by atoms with van der Waals surface area (Å²) in [5, 5.41) is 15.7. The molecular formula is C19H16FN3O3. The summed E-state index contributed by atoms with van der Waals surface area (Å²) in [6.45, 7) is 0.204. The highest BCUT2D eigenvalue weighted by atomic mass is 19.1. The fraction of sp³-hybridized carbons (Fsp3) is 0.211. The summed E-state index contributed by atoms with van der Waals surface area (Å²) in [7, 11) is 0. The molecular weight excluding hydrogens is 337 g/mol. The lowest BCUT2D eigenvalue weighted by Gasteiger charge is -2.08. The number of hydrogen-bond donors (Lipinski definition) is 2. The molecule has 3 aromatic rings. The van der Waals surface area contributed by atoms with Crippen LogP contribution in [0.2, 0.25) is 0 Å². The van der Waals surface area contributed by atoms with E-state index >= 15 is 0 Å². The lowest BCUT2D eigenvalue weighted by atomic mass is 10.1. The molecule has 1 fully saturated rings. The predicted octanol–water partition coefficient (Wildman–Crippen LogP) is 3.38. The first-order chi connectivity index (χ1) is 12.6. The van der Waals surface area contributed by atoms with Crippen molar-refractivity contribution >= 4 is 5.97 Å². The van der Waals surface area contributed by atoms with Gasteiger partial charge in [-0.25, -0.2) is 4.39 Å². The van der Waals surface area contributed by atoms with Gasteiger partial charge in [-0.05, 0) is 41.8 Å². The van der Waals surface area contributed by atoms with Crippen molar-refractivity contribution < 1.29 is 19.0 Å². The highest BCUT2D eigenvalue weighted by Crippen LogP contribution is 2.48. The Balaban J connectivity index is 1.39. The quantitative estimate of drug-likeness (QED) is 0.709. The molecule has 0 spiro atoms. The van der Waals surface area contributed by atoms with Crippen LogP contribution in [-0.2, 0) is 11.4 Å². The van der Waals surface area contributed by atoms with Crippen LogP contribution < -0.4 is 4.74 Å². The normalized spacial score (nSPS) is 18.5. The molecule has 1 aliphatic carbocycles. The van der Waals surface area contributed by atoms with Gasteiger partial charge in [0.25, 0.3) is 0 Å². The lowest BCUT2D eigenvalue weighted by molar-refractivity contribution is -0.138. The summed E-state index contributed by atoms with van der Waals surface area (Å²) in [6.07, 6.45) is 3.75. The van der Waals surface area contributed by atoms with E-state index in [1.54, 1.807) is 30.6 Å². The van der Waals surface area contributed by atoms with E-state index in [1.165, 1.54) is 6.07 Å². The number of carboxylic acid groups (broad SMARTS) is 1. The van der Waals surface area contributed by atoms with Crippen LogP contribution in [0.25, 0.3) is 11.4 Å². The van der Waals surface area contributed by atoms with Gasteiger partial charge in [0.05, 0.1) is 23.5 Å². The Morgan fingerprint density at radius 2 is 2.19 bits per heavy atom. The van der Waals surface area contributed by atoms with Gasteiger partial charge in [-0.2, -0.15) is 5.10 Å². The number of benzene rings is 1. The van der Waals surface area contributed by atoms with Crippen molar-refractivity contribution in [1.29, 1.82) is 0 Å². The Labute approximate surface area is 148 Å². The minimum atomic E-state index is -0.868. The van der Waals surface area contributed by atoms with Crippen molar-refractivity contribution in [3.63, 3.8) is 0 Å².